The SMILES string of the molecule is Fc1ccc(-c2cn3ccsc3n2)cc1Cl. The number of hydrogen-bond acceptors (Lipinski definition) is 2. The Hall–Kier alpha value is -1.39. The molecule has 0 bridgehead atoms. The minimum atomic E-state index is -0.411. The van der Waals surface area contributed by atoms with Crippen LogP contribution in [-0.4, -0.2) is 9.38 Å². The van der Waals surface area contributed by atoms with E-state index in [1.54, 1.807) is 23.5 Å². The predicted molar refractivity (Wildman–Crippen MR) is 63.5 cm³/mol. The van der Waals surface area contributed by atoms with Gasteiger partial charge in [-0.2, -0.15) is 0 Å². The maximum absolute atomic E-state index is 13.0. The molecule has 5 heteroatoms. The zero-order valence-electron chi connectivity index (χ0n) is 8.02. The summed E-state index contributed by atoms with van der Waals surface area (Å²) in [6.45, 7) is 0. The Labute approximate surface area is 99.9 Å². The molecule has 0 radical (unpaired) electrons. The molecule has 0 aliphatic carbocycles. The summed E-state index contributed by atoms with van der Waals surface area (Å²) in [5.74, 6) is -0.411. The first-order chi connectivity index (χ1) is 7.74. The van der Waals surface area contributed by atoms with Crippen molar-refractivity contribution in [3.8, 4) is 11.3 Å². The van der Waals surface area contributed by atoms with E-state index in [9.17, 15) is 4.39 Å². The lowest BCUT2D eigenvalue weighted by molar-refractivity contribution is 0.628. The van der Waals surface area contributed by atoms with E-state index in [0.717, 1.165) is 16.2 Å². The monoisotopic (exact) mass is 252 g/mol. The molecule has 0 N–H and O–H groups in total. The molecule has 0 unspecified atom stereocenters. The number of imidazole rings is 1. The first kappa shape index (κ1) is 9.81. The normalized spacial score (nSPS) is 11.1. The van der Waals surface area contributed by atoms with E-state index in [1.807, 2.05) is 22.2 Å². The predicted octanol–water partition coefficient (Wildman–Crippen LogP) is 3.86. The Bertz CT molecular complexity index is 630. The Morgan fingerprint density at radius 1 is 1.38 bits per heavy atom. The highest BCUT2D eigenvalue weighted by Gasteiger charge is 2.07. The second-order valence-electron chi connectivity index (χ2n) is 3.35. The maximum Gasteiger partial charge on any atom is 0.194 e. The van der Waals surface area contributed by atoms with E-state index < -0.39 is 5.82 Å². The van der Waals surface area contributed by atoms with Gasteiger partial charge in [0.1, 0.15) is 5.82 Å². The van der Waals surface area contributed by atoms with Crippen LogP contribution in [0.2, 0.25) is 5.02 Å². The van der Waals surface area contributed by atoms with Gasteiger partial charge >= 0.3 is 0 Å². The molecule has 0 saturated heterocycles. The van der Waals surface area contributed by atoms with Gasteiger partial charge in [-0.15, -0.1) is 11.3 Å². The van der Waals surface area contributed by atoms with Crippen molar-refractivity contribution < 1.29 is 4.39 Å². The molecule has 2 heterocycles. The Morgan fingerprint density at radius 3 is 3.00 bits per heavy atom. The first-order valence-corrected chi connectivity index (χ1v) is 5.87. The van der Waals surface area contributed by atoms with Crippen molar-refractivity contribution in [2.75, 3.05) is 0 Å². The number of fused-ring (bicyclic) bond motifs is 1. The molecule has 1 aromatic carbocycles. The van der Waals surface area contributed by atoms with Crippen molar-refractivity contribution in [1.82, 2.24) is 9.38 Å². The molecule has 80 valence electrons. The highest BCUT2D eigenvalue weighted by atomic mass is 35.5. The summed E-state index contributed by atoms with van der Waals surface area (Å²) in [7, 11) is 0. The first-order valence-electron chi connectivity index (χ1n) is 4.62. The Morgan fingerprint density at radius 2 is 2.25 bits per heavy atom. The molecule has 0 amide bonds. The molecule has 2 nitrogen and oxygen atoms in total. The smallest absolute Gasteiger partial charge is 0.194 e. The van der Waals surface area contributed by atoms with Gasteiger partial charge in [0.05, 0.1) is 10.7 Å². The van der Waals surface area contributed by atoms with Crippen LogP contribution in [0.25, 0.3) is 16.2 Å². The highest BCUT2D eigenvalue weighted by molar-refractivity contribution is 7.15. The van der Waals surface area contributed by atoms with Gasteiger partial charge in [-0.3, -0.25) is 4.40 Å². The van der Waals surface area contributed by atoms with Crippen molar-refractivity contribution in [1.29, 1.82) is 0 Å². The fourth-order valence-electron chi connectivity index (χ4n) is 1.52. The molecule has 0 aliphatic heterocycles. The van der Waals surface area contributed by atoms with E-state index >= 15 is 0 Å². The second-order valence-corrected chi connectivity index (χ2v) is 4.63. The van der Waals surface area contributed by atoms with Gasteiger partial charge in [-0.25, -0.2) is 9.37 Å². The Kier molecular flexibility index (Phi) is 2.19. The van der Waals surface area contributed by atoms with E-state index in [1.165, 1.54) is 6.07 Å². The van der Waals surface area contributed by atoms with Gasteiger partial charge in [0.25, 0.3) is 0 Å². The molecule has 16 heavy (non-hydrogen) atoms. The van der Waals surface area contributed by atoms with Crippen LogP contribution in [0.3, 0.4) is 0 Å². The van der Waals surface area contributed by atoms with E-state index in [-0.39, 0.29) is 5.02 Å². The van der Waals surface area contributed by atoms with Crippen LogP contribution in [-0.2, 0) is 0 Å². The van der Waals surface area contributed by atoms with Gasteiger partial charge < -0.3 is 0 Å². The number of aromatic nitrogens is 2. The lowest BCUT2D eigenvalue weighted by atomic mass is 10.2. The number of benzene rings is 1. The lowest BCUT2D eigenvalue weighted by Crippen LogP contribution is -1.80. The third kappa shape index (κ3) is 1.50. The average molecular weight is 253 g/mol. The van der Waals surface area contributed by atoms with Gasteiger partial charge in [0.2, 0.25) is 0 Å². The van der Waals surface area contributed by atoms with Gasteiger partial charge in [0, 0.05) is 23.3 Å². The van der Waals surface area contributed by atoms with E-state index in [2.05, 4.69) is 4.98 Å². The van der Waals surface area contributed by atoms with Gasteiger partial charge in [-0.1, -0.05) is 11.6 Å². The van der Waals surface area contributed by atoms with Crippen molar-refractivity contribution in [3.63, 3.8) is 0 Å². The van der Waals surface area contributed by atoms with E-state index in [0.29, 0.717) is 0 Å². The zero-order valence-corrected chi connectivity index (χ0v) is 9.60. The second kappa shape index (κ2) is 3.57. The topological polar surface area (TPSA) is 17.3 Å². The number of thiazole rings is 1. The molecular formula is C11H6ClFN2S. The molecule has 0 aliphatic rings. The maximum atomic E-state index is 13.0. The van der Waals surface area contributed by atoms with Crippen molar-refractivity contribution in [3.05, 3.63) is 46.8 Å². The van der Waals surface area contributed by atoms with E-state index in [4.69, 9.17) is 11.6 Å². The van der Waals surface area contributed by atoms with Crippen LogP contribution in [0, 0.1) is 5.82 Å². The van der Waals surface area contributed by atoms with Crippen LogP contribution < -0.4 is 0 Å². The molecule has 3 rings (SSSR count). The molecular weight excluding hydrogens is 247 g/mol. The summed E-state index contributed by atoms with van der Waals surface area (Å²) in [6.07, 6.45) is 3.83. The lowest BCUT2D eigenvalue weighted by Gasteiger charge is -1.97. The fourth-order valence-corrected chi connectivity index (χ4v) is 2.40. The fraction of sp³-hybridized carbons (Fsp3) is 0. The summed E-state index contributed by atoms with van der Waals surface area (Å²) in [4.78, 5) is 5.33. The summed E-state index contributed by atoms with van der Waals surface area (Å²) >= 11 is 7.28. The number of nitrogens with zero attached hydrogens (tertiary/aromatic N) is 2. The van der Waals surface area contributed by atoms with Crippen LogP contribution in [0.4, 0.5) is 4.39 Å². The van der Waals surface area contributed by atoms with Crippen LogP contribution >= 0.6 is 22.9 Å². The summed E-state index contributed by atoms with van der Waals surface area (Å²) in [5.41, 5.74) is 1.62. The minimum Gasteiger partial charge on any atom is -0.297 e. The largest absolute Gasteiger partial charge is 0.297 e. The summed E-state index contributed by atoms with van der Waals surface area (Å²) < 4.78 is 14.9. The standard InChI is InChI=1S/C11H6ClFN2S/c12-8-5-7(1-2-9(8)13)10-6-15-3-4-16-11(15)14-10/h1-6H. The van der Waals surface area contributed by atoms with Crippen LogP contribution in [0.1, 0.15) is 0 Å². The molecule has 3 aromatic rings. The summed E-state index contributed by atoms with van der Waals surface area (Å²) in [5, 5.41) is 2.08. The number of hydrogen-bond donors (Lipinski definition) is 0. The number of rotatable bonds is 1. The van der Waals surface area contributed by atoms with Crippen LogP contribution in [0.5, 0.6) is 0 Å². The van der Waals surface area contributed by atoms with Crippen molar-refractivity contribution >= 4 is 27.9 Å². The third-order valence-electron chi connectivity index (χ3n) is 2.31. The third-order valence-corrected chi connectivity index (χ3v) is 3.37. The molecule has 0 saturated carbocycles. The van der Waals surface area contributed by atoms with Crippen molar-refractivity contribution in [2.45, 2.75) is 0 Å². The summed E-state index contributed by atoms with van der Waals surface area (Å²) in [6, 6.07) is 4.61. The number of halogens is 2. The highest BCUT2D eigenvalue weighted by Crippen LogP contribution is 2.25. The Balaban J connectivity index is 2.15. The molecule has 0 spiro atoms. The molecule has 2 aromatic heterocycles. The average Bonchev–Trinajstić information content (AvgIpc) is 2.81. The van der Waals surface area contributed by atoms with Crippen LogP contribution in [0.15, 0.2) is 36.0 Å². The van der Waals surface area contributed by atoms with Gasteiger partial charge in [-0.05, 0) is 18.2 Å². The van der Waals surface area contributed by atoms with Gasteiger partial charge in [0.15, 0.2) is 4.96 Å². The molecule has 0 atom stereocenters. The van der Waals surface area contributed by atoms with Crippen molar-refractivity contribution in [2.24, 2.45) is 0 Å². The minimum absolute atomic E-state index is 0.119. The zero-order chi connectivity index (χ0) is 11.1. The quantitative estimate of drug-likeness (QED) is 0.643. The molecule has 0 fully saturated rings.